The number of aryl methyl sites for hydroxylation is 1. The molecule has 1 heterocycles. The lowest BCUT2D eigenvalue weighted by Crippen LogP contribution is -2.60. The maximum absolute atomic E-state index is 12.4. The second-order valence-electron chi connectivity index (χ2n) is 7.66. The normalized spacial score (nSPS) is 19.8. The third-order valence-electron chi connectivity index (χ3n) is 5.82. The lowest BCUT2D eigenvalue weighted by atomic mass is 9.79. The highest BCUT2D eigenvalue weighted by Crippen LogP contribution is 2.33. The summed E-state index contributed by atoms with van der Waals surface area (Å²) in [6, 6.07) is 4.51. The third-order valence-corrected chi connectivity index (χ3v) is 5.82. The number of nitrogens with zero attached hydrogens (tertiary/aromatic N) is 2. The molecule has 1 N–H and O–H groups in total. The molecule has 1 aromatic carbocycles. The minimum absolute atomic E-state index is 0.0155. The molecule has 0 spiro atoms. The second kappa shape index (κ2) is 9.34. The smallest absolute Gasteiger partial charge is 0.272 e. The molecule has 1 saturated carbocycles. The average Bonchev–Trinajstić information content (AvgIpc) is 2.72. The Balaban J connectivity index is 1.53. The molecular formula is C20H29N3O5. The predicted octanol–water partition coefficient (Wildman–Crippen LogP) is 2.43. The third kappa shape index (κ3) is 4.99. The summed E-state index contributed by atoms with van der Waals surface area (Å²) < 4.78 is 11.0. The van der Waals surface area contributed by atoms with Gasteiger partial charge in [-0.3, -0.25) is 19.8 Å². The SMILES string of the molecule is Cc1cc(OCC(=O)NCC2(N3CCOCC3)CCCCC2)ccc1[N+](=O)[O-]. The number of benzene rings is 1. The molecule has 1 saturated heterocycles. The number of hydrogen-bond acceptors (Lipinski definition) is 6. The van der Waals surface area contributed by atoms with Crippen molar-refractivity contribution < 1.29 is 19.2 Å². The van der Waals surface area contributed by atoms with Crippen molar-refractivity contribution in [2.24, 2.45) is 0 Å². The second-order valence-corrected chi connectivity index (χ2v) is 7.66. The molecule has 28 heavy (non-hydrogen) atoms. The highest BCUT2D eigenvalue weighted by Gasteiger charge is 2.38. The zero-order valence-electron chi connectivity index (χ0n) is 16.4. The molecule has 0 aromatic heterocycles. The van der Waals surface area contributed by atoms with Gasteiger partial charge in [0, 0.05) is 36.8 Å². The van der Waals surface area contributed by atoms with Crippen LogP contribution >= 0.6 is 0 Å². The maximum Gasteiger partial charge on any atom is 0.272 e. The van der Waals surface area contributed by atoms with Gasteiger partial charge in [-0.15, -0.1) is 0 Å². The Morgan fingerprint density at radius 2 is 2.00 bits per heavy atom. The summed E-state index contributed by atoms with van der Waals surface area (Å²) in [6.07, 6.45) is 5.81. The van der Waals surface area contributed by atoms with E-state index >= 15 is 0 Å². The van der Waals surface area contributed by atoms with Crippen LogP contribution in [0, 0.1) is 17.0 Å². The first-order valence-corrected chi connectivity index (χ1v) is 9.97. The van der Waals surface area contributed by atoms with Crippen molar-refractivity contribution in [2.75, 3.05) is 39.5 Å². The summed E-state index contributed by atoms with van der Waals surface area (Å²) in [5.74, 6) is 0.285. The van der Waals surface area contributed by atoms with E-state index in [-0.39, 0.29) is 23.7 Å². The van der Waals surface area contributed by atoms with Gasteiger partial charge in [-0.05, 0) is 31.9 Å². The van der Waals surface area contributed by atoms with Gasteiger partial charge in [0.2, 0.25) is 0 Å². The lowest BCUT2D eigenvalue weighted by molar-refractivity contribution is -0.385. The number of nitro groups is 1. The van der Waals surface area contributed by atoms with Crippen LogP contribution in [0.3, 0.4) is 0 Å². The minimum Gasteiger partial charge on any atom is -0.484 e. The van der Waals surface area contributed by atoms with Crippen molar-refractivity contribution >= 4 is 11.6 Å². The van der Waals surface area contributed by atoms with Crippen LogP contribution in [0.4, 0.5) is 5.69 Å². The number of rotatable bonds is 7. The first-order chi connectivity index (χ1) is 13.5. The van der Waals surface area contributed by atoms with E-state index in [1.165, 1.54) is 31.4 Å². The van der Waals surface area contributed by atoms with Crippen LogP contribution in [0.15, 0.2) is 18.2 Å². The van der Waals surface area contributed by atoms with Gasteiger partial charge in [0.05, 0.1) is 18.1 Å². The van der Waals surface area contributed by atoms with E-state index in [1.807, 2.05) is 0 Å². The highest BCUT2D eigenvalue weighted by molar-refractivity contribution is 5.77. The van der Waals surface area contributed by atoms with E-state index < -0.39 is 4.92 Å². The van der Waals surface area contributed by atoms with E-state index in [1.54, 1.807) is 13.0 Å². The van der Waals surface area contributed by atoms with Crippen LogP contribution in [0.1, 0.15) is 37.7 Å². The van der Waals surface area contributed by atoms with E-state index in [2.05, 4.69) is 10.2 Å². The zero-order valence-corrected chi connectivity index (χ0v) is 16.4. The van der Waals surface area contributed by atoms with Crippen molar-refractivity contribution in [1.82, 2.24) is 10.2 Å². The van der Waals surface area contributed by atoms with Crippen molar-refractivity contribution in [3.05, 3.63) is 33.9 Å². The number of ether oxygens (including phenoxy) is 2. The first kappa shape index (κ1) is 20.5. The van der Waals surface area contributed by atoms with Gasteiger partial charge >= 0.3 is 0 Å². The van der Waals surface area contributed by atoms with Gasteiger partial charge in [-0.25, -0.2) is 0 Å². The minimum atomic E-state index is -0.429. The van der Waals surface area contributed by atoms with Crippen LogP contribution in [0.5, 0.6) is 5.75 Å². The van der Waals surface area contributed by atoms with Crippen LogP contribution in [-0.4, -0.2) is 60.7 Å². The summed E-state index contributed by atoms with van der Waals surface area (Å²) >= 11 is 0. The number of nitrogens with one attached hydrogen (secondary N) is 1. The molecular weight excluding hydrogens is 362 g/mol. The lowest BCUT2D eigenvalue weighted by Gasteiger charge is -2.48. The van der Waals surface area contributed by atoms with Crippen molar-refractivity contribution in [3.8, 4) is 5.75 Å². The Hall–Kier alpha value is -2.19. The summed E-state index contributed by atoms with van der Waals surface area (Å²) in [5.41, 5.74) is 0.569. The molecule has 1 aromatic rings. The van der Waals surface area contributed by atoms with Gasteiger partial charge in [0.25, 0.3) is 11.6 Å². The monoisotopic (exact) mass is 391 g/mol. The quantitative estimate of drug-likeness (QED) is 0.567. The van der Waals surface area contributed by atoms with Crippen molar-refractivity contribution in [2.45, 2.75) is 44.6 Å². The molecule has 154 valence electrons. The Kier molecular flexibility index (Phi) is 6.85. The number of hydrogen-bond donors (Lipinski definition) is 1. The average molecular weight is 391 g/mol. The fourth-order valence-corrected chi connectivity index (χ4v) is 4.24. The van der Waals surface area contributed by atoms with Gasteiger partial charge in [-0.1, -0.05) is 19.3 Å². The molecule has 0 unspecified atom stereocenters. The van der Waals surface area contributed by atoms with Gasteiger partial charge in [0.15, 0.2) is 6.61 Å². The molecule has 8 nitrogen and oxygen atoms in total. The molecule has 0 bridgehead atoms. The van der Waals surface area contributed by atoms with Gasteiger partial charge < -0.3 is 14.8 Å². The number of amides is 1. The molecule has 0 atom stereocenters. The molecule has 1 aliphatic carbocycles. The Morgan fingerprint density at radius 3 is 2.64 bits per heavy atom. The summed E-state index contributed by atoms with van der Waals surface area (Å²) in [6.45, 7) is 5.49. The van der Waals surface area contributed by atoms with E-state index in [0.717, 1.165) is 39.1 Å². The Labute approximate surface area is 165 Å². The molecule has 3 rings (SSSR count). The fourth-order valence-electron chi connectivity index (χ4n) is 4.24. The Bertz CT molecular complexity index is 697. The summed E-state index contributed by atoms with van der Waals surface area (Å²) in [5, 5.41) is 13.9. The molecule has 2 aliphatic rings. The molecule has 1 aliphatic heterocycles. The predicted molar refractivity (Wildman–Crippen MR) is 105 cm³/mol. The van der Waals surface area contributed by atoms with Crippen LogP contribution in [0.2, 0.25) is 0 Å². The number of carbonyl (C=O) groups is 1. The number of morpholine rings is 1. The number of carbonyl (C=O) groups excluding carboxylic acids is 1. The maximum atomic E-state index is 12.4. The topological polar surface area (TPSA) is 93.9 Å². The summed E-state index contributed by atoms with van der Waals surface area (Å²) in [7, 11) is 0. The van der Waals surface area contributed by atoms with E-state index in [0.29, 0.717) is 17.9 Å². The molecule has 8 heteroatoms. The molecule has 1 amide bonds. The van der Waals surface area contributed by atoms with Crippen molar-refractivity contribution in [1.29, 1.82) is 0 Å². The summed E-state index contributed by atoms with van der Waals surface area (Å²) in [4.78, 5) is 25.3. The van der Waals surface area contributed by atoms with Crippen molar-refractivity contribution in [3.63, 3.8) is 0 Å². The largest absolute Gasteiger partial charge is 0.484 e. The van der Waals surface area contributed by atoms with Gasteiger partial charge in [0.1, 0.15) is 5.75 Å². The number of nitro benzene ring substituents is 1. The van der Waals surface area contributed by atoms with E-state index in [9.17, 15) is 14.9 Å². The zero-order chi connectivity index (χ0) is 20.0. The van der Waals surface area contributed by atoms with Gasteiger partial charge in [-0.2, -0.15) is 0 Å². The highest BCUT2D eigenvalue weighted by atomic mass is 16.6. The first-order valence-electron chi connectivity index (χ1n) is 9.97. The standard InChI is InChI=1S/C20H29N3O5/c1-16-13-17(5-6-18(16)23(25)26)28-14-19(24)21-15-20(7-3-2-4-8-20)22-9-11-27-12-10-22/h5-6,13H,2-4,7-12,14-15H2,1H3,(H,21,24). The fraction of sp³-hybridized carbons (Fsp3) is 0.650. The van der Waals surface area contributed by atoms with Crippen LogP contribution in [0.25, 0.3) is 0 Å². The molecule has 0 radical (unpaired) electrons. The Morgan fingerprint density at radius 1 is 1.29 bits per heavy atom. The van der Waals surface area contributed by atoms with E-state index in [4.69, 9.17) is 9.47 Å². The molecule has 2 fully saturated rings. The van der Waals surface area contributed by atoms with Crippen LogP contribution < -0.4 is 10.1 Å². The van der Waals surface area contributed by atoms with Crippen LogP contribution in [-0.2, 0) is 9.53 Å².